The van der Waals surface area contributed by atoms with Crippen LogP contribution in [0.4, 0.5) is 5.69 Å². The van der Waals surface area contributed by atoms with Crippen LogP contribution in [0.1, 0.15) is 12.5 Å². The summed E-state index contributed by atoms with van der Waals surface area (Å²) in [6.45, 7) is 1.63. The highest BCUT2D eigenvalue weighted by atomic mass is 35.5. The zero-order chi connectivity index (χ0) is 18.5. The summed E-state index contributed by atoms with van der Waals surface area (Å²) in [5.74, 6) is -0.286. The third-order valence-corrected chi connectivity index (χ3v) is 4.49. The monoisotopic (exact) mass is 386 g/mol. The minimum absolute atomic E-state index is 0.286. The van der Waals surface area contributed by atoms with Gasteiger partial charge in [-0.15, -0.1) is 0 Å². The Morgan fingerprint density at radius 2 is 1.81 bits per heavy atom. The number of oxime groups is 1. The van der Waals surface area contributed by atoms with Crippen LogP contribution in [0.3, 0.4) is 0 Å². The van der Waals surface area contributed by atoms with Crippen molar-refractivity contribution in [2.75, 3.05) is 5.32 Å². The lowest BCUT2D eigenvalue weighted by Crippen LogP contribution is -2.26. The summed E-state index contributed by atoms with van der Waals surface area (Å²) in [6, 6.07) is 18.7. The molecule has 0 unspecified atom stereocenters. The number of carbonyl (C=O) groups excluding carboxylic acids is 1. The smallest absolute Gasteiger partial charge is 0.267 e. The van der Waals surface area contributed by atoms with Crippen LogP contribution in [-0.4, -0.2) is 18.2 Å². The summed E-state index contributed by atoms with van der Waals surface area (Å²) in [7, 11) is 0. The molecule has 132 valence electrons. The molecule has 1 atom stereocenters. The van der Waals surface area contributed by atoms with Crippen LogP contribution in [0.2, 0.25) is 10.0 Å². The first-order chi connectivity index (χ1) is 12.5. The topological polar surface area (TPSA) is 50.7 Å². The first kappa shape index (κ1) is 18.2. The number of amides is 1. The number of carbonyl (C=O) groups is 1. The van der Waals surface area contributed by atoms with Crippen LogP contribution in [0.25, 0.3) is 10.8 Å². The Labute approximate surface area is 161 Å². The standard InChI is InChI=1S/C20H16Cl2N2O2/c1-13(26-23-12-14-6-9-18(21)19(22)10-14)20(25)24-17-8-7-15-4-2-3-5-16(15)11-17/h2-13H,1H3,(H,24,25)/b23-12-/t13-/m0/s1. The lowest BCUT2D eigenvalue weighted by atomic mass is 10.1. The van der Waals surface area contributed by atoms with Gasteiger partial charge in [-0.25, -0.2) is 0 Å². The zero-order valence-corrected chi connectivity index (χ0v) is 15.5. The highest BCUT2D eigenvalue weighted by Gasteiger charge is 2.14. The second-order valence-corrected chi connectivity index (χ2v) is 6.52. The van der Waals surface area contributed by atoms with Crippen LogP contribution in [0.15, 0.2) is 65.8 Å². The Kier molecular flexibility index (Phi) is 5.76. The van der Waals surface area contributed by atoms with Crippen LogP contribution >= 0.6 is 23.2 Å². The van der Waals surface area contributed by atoms with Gasteiger partial charge < -0.3 is 10.2 Å². The van der Waals surface area contributed by atoms with Gasteiger partial charge in [0.15, 0.2) is 0 Å². The van der Waals surface area contributed by atoms with Gasteiger partial charge in [-0.1, -0.05) is 64.8 Å². The Morgan fingerprint density at radius 3 is 2.58 bits per heavy atom. The Balaban J connectivity index is 1.59. The largest absolute Gasteiger partial charge is 0.383 e. The molecule has 0 radical (unpaired) electrons. The normalized spacial score (nSPS) is 12.3. The quantitative estimate of drug-likeness (QED) is 0.463. The fraction of sp³-hybridized carbons (Fsp3) is 0.100. The summed E-state index contributed by atoms with van der Waals surface area (Å²) >= 11 is 11.8. The molecule has 0 saturated carbocycles. The fourth-order valence-corrected chi connectivity index (χ4v) is 2.64. The highest BCUT2D eigenvalue weighted by molar-refractivity contribution is 6.42. The number of anilines is 1. The Morgan fingerprint density at radius 1 is 1.04 bits per heavy atom. The summed E-state index contributed by atoms with van der Waals surface area (Å²) in [5.41, 5.74) is 1.43. The number of hydrogen-bond acceptors (Lipinski definition) is 3. The van der Waals surface area contributed by atoms with E-state index in [1.165, 1.54) is 6.21 Å². The van der Waals surface area contributed by atoms with Gasteiger partial charge in [0.2, 0.25) is 6.10 Å². The molecule has 1 amide bonds. The number of nitrogens with zero attached hydrogens (tertiary/aromatic N) is 1. The zero-order valence-electron chi connectivity index (χ0n) is 13.9. The van der Waals surface area contributed by atoms with Crippen molar-refractivity contribution in [1.82, 2.24) is 0 Å². The Hall–Kier alpha value is -2.56. The predicted octanol–water partition coefficient (Wildman–Crippen LogP) is 5.52. The molecule has 26 heavy (non-hydrogen) atoms. The van der Waals surface area contributed by atoms with Crippen LogP contribution < -0.4 is 5.32 Å². The van der Waals surface area contributed by atoms with E-state index in [1.807, 2.05) is 42.5 Å². The predicted molar refractivity (Wildman–Crippen MR) is 107 cm³/mol. The number of benzene rings is 3. The molecular weight excluding hydrogens is 371 g/mol. The lowest BCUT2D eigenvalue weighted by Gasteiger charge is -2.11. The molecule has 3 aromatic carbocycles. The van der Waals surface area contributed by atoms with E-state index >= 15 is 0 Å². The van der Waals surface area contributed by atoms with Gasteiger partial charge in [0, 0.05) is 5.69 Å². The molecule has 0 heterocycles. The second-order valence-electron chi connectivity index (χ2n) is 5.71. The van der Waals surface area contributed by atoms with E-state index in [0.29, 0.717) is 15.7 Å². The van der Waals surface area contributed by atoms with E-state index in [2.05, 4.69) is 10.5 Å². The maximum Gasteiger partial charge on any atom is 0.267 e. The van der Waals surface area contributed by atoms with Crippen molar-refractivity contribution in [3.05, 3.63) is 76.3 Å². The molecule has 3 aromatic rings. The van der Waals surface area contributed by atoms with Crippen LogP contribution in [-0.2, 0) is 9.63 Å². The molecule has 0 aliphatic heterocycles. The molecule has 0 saturated heterocycles. The maximum atomic E-state index is 12.2. The van der Waals surface area contributed by atoms with E-state index in [4.69, 9.17) is 28.0 Å². The number of fused-ring (bicyclic) bond motifs is 1. The second kappa shape index (κ2) is 8.21. The van der Waals surface area contributed by atoms with Gasteiger partial charge in [-0.2, -0.15) is 0 Å². The van der Waals surface area contributed by atoms with Gasteiger partial charge in [0.25, 0.3) is 5.91 Å². The Bertz CT molecular complexity index is 973. The highest BCUT2D eigenvalue weighted by Crippen LogP contribution is 2.22. The molecule has 1 N–H and O–H groups in total. The molecule has 4 nitrogen and oxygen atoms in total. The fourth-order valence-electron chi connectivity index (χ4n) is 2.33. The van der Waals surface area contributed by atoms with Crippen molar-refractivity contribution in [2.45, 2.75) is 13.0 Å². The van der Waals surface area contributed by atoms with E-state index in [-0.39, 0.29) is 5.91 Å². The molecule has 0 aliphatic rings. The van der Waals surface area contributed by atoms with Gasteiger partial charge >= 0.3 is 0 Å². The van der Waals surface area contributed by atoms with Crippen molar-refractivity contribution >= 4 is 51.8 Å². The maximum absolute atomic E-state index is 12.2. The van der Waals surface area contributed by atoms with Gasteiger partial charge in [0.05, 0.1) is 16.3 Å². The number of halogens is 2. The number of nitrogens with one attached hydrogen (secondary N) is 1. The third kappa shape index (κ3) is 4.54. The van der Waals surface area contributed by atoms with E-state index in [9.17, 15) is 4.79 Å². The molecule has 6 heteroatoms. The molecule has 0 aromatic heterocycles. The molecule has 0 fully saturated rings. The lowest BCUT2D eigenvalue weighted by molar-refractivity contribution is -0.126. The first-order valence-electron chi connectivity index (χ1n) is 7.97. The SMILES string of the molecule is C[C@H](O/N=C\c1ccc(Cl)c(Cl)c1)C(=O)Nc1ccc2ccccc2c1. The minimum Gasteiger partial charge on any atom is -0.383 e. The number of hydrogen-bond donors (Lipinski definition) is 1. The molecular formula is C20H16Cl2N2O2. The van der Waals surface area contributed by atoms with E-state index < -0.39 is 6.10 Å². The van der Waals surface area contributed by atoms with Gasteiger partial charge in [-0.3, -0.25) is 4.79 Å². The van der Waals surface area contributed by atoms with Gasteiger partial charge in [0.1, 0.15) is 0 Å². The summed E-state index contributed by atoms with van der Waals surface area (Å²) in [4.78, 5) is 17.5. The van der Waals surface area contributed by atoms with E-state index in [1.54, 1.807) is 25.1 Å². The molecule has 3 rings (SSSR count). The van der Waals surface area contributed by atoms with E-state index in [0.717, 1.165) is 16.3 Å². The summed E-state index contributed by atoms with van der Waals surface area (Å²) in [6.07, 6.45) is 0.725. The van der Waals surface area contributed by atoms with Gasteiger partial charge in [-0.05, 0) is 47.5 Å². The van der Waals surface area contributed by atoms with Crippen molar-refractivity contribution in [3.63, 3.8) is 0 Å². The van der Waals surface area contributed by atoms with Crippen molar-refractivity contribution < 1.29 is 9.63 Å². The average molecular weight is 387 g/mol. The van der Waals surface area contributed by atoms with Crippen LogP contribution in [0.5, 0.6) is 0 Å². The minimum atomic E-state index is -0.750. The van der Waals surface area contributed by atoms with Crippen LogP contribution in [0, 0.1) is 0 Å². The summed E-state index contributed by atoms with van der Waals surface area (Å²) in [5, 5.41) is 9.72. The average Bonchev–Trinajstić information content (AvgIpc) is 2.64. The summed E-state index contributed by atoms with van der Waals surface area (Å²) < 4.78 is 0. The molecule has 0 aliphatic carbocycles. The number of rotatable bonds is 5. The van der Waals surface area contributed by atoms with Crippen molar-refractivity contribution in [1.29, 1.82) is 0 Å². The van der Waals surface area contributed by atoms with Crippen molar-refractivity contribution in [3.8, 4) is 0 Å². The van der Waals surface area contributed by atoms with Crippen molar-refractivity contribution in [2.24, 2.45) is 5.16 Å². The first-order valence-corrected chi connectivity index (χ1v) is 8.72. The molecule has 0 spiro atoms. The molecule has 0 bridgehead atoms. The third-order valence-electron chi connectivity index (χ3n) is 3.75.